The van der Waals surface area contributed by atoms with Gasteiger partial charge in [0.15, 0.2) is 5.96 Å². The third-order valence-electron chi connectivity index (χ3n) is 5.35. The van der Waals surface area contributed by atoms with E-state index < -0.39 is 0 Å². The van der Waals surface area contributed by atoms with E-state index in [1.165, 1.54) is 5.56 Å². The summed E-state index contributed by atoms with van der Waals surface area (Å²) < 4.78 is 16.3. The molecule has 2 aromatic carbocycles. The van der Waals surface area contributed by atoms with E-state index in [1.807, 2.05) is 36.4 Å². The standard InChI is InChI=1S/C23H31ClN4O3/c1-25-23(26-15-18-7-8-20(29-2)14-22(18)30-3)27-16-21(28-9-11-31-12-10-28)17-5-4-6-19(24)13-17/h4-8,13-14,21H,9-12,15-16H2,1-3H3,(H2,25,26,27). The van der Waals surface area contributed by atoms with E-state index >= 15 is 0 Å². The normalized spacial score (nSPS) is 15.9. The van der Waals surface area contributed by atoms with Crippen LogP contribution in [0.3, 0.4) is 0 Å². The Bertz CT molecular complexity index is 872. The highest BCUT2D eigenvalue weighted by Gasteiger charge is 2.23. The predicted octanol–water partition coefficient (Wildman–Crippen LogP) is 3.10. The molecular formula is C23H31ClN4O3. The lowest BCUT2D eigenvalue weighted by Gasteiger charge is -2.35. The van der Waals surface area contributed by atoms with Gasteiger partial charge in [0.05, 0.1) is 33.5 Å². The molecule has 0 radical (unpaired) electrons. The average molecular weight is 447 g/mol. The molecule has 0 aromatic heterocycles. The second-order valence-electron chi connectivity index (χ2n) is 7.20. The maximum atomic E-state index is 6.27. The summed E-state index contributed by atoms with van der Waals surface area (Å²) in [5, 5.41) is 7.57. The van der Waals surface area contributed by atoms with E-state index in [4.69, 9.17) is 25.8 Å². The molecule has 1 atom stereocenters. The minimum Gasteiger partial charge on any atom is -0.497 e. The zero-order valence-electron chi connectivity index (χ0n) is 18.4. The first kappa shape index (κ1) is 23.2. The Morgan fingerprint density at radius 2 is 1.94 bits per heavy atom. The average Bonchev–Trinajstić information content (AvgIpc) is 2.81. The fourth-order valence-corrected chi connectivity index (χ4v) is 3.85. The van der Waals surface area contributed by atoms with Gasteiger partial charge in [-0.2, -0.15) is 0 Å². The van der Waals surface area contributed by atoms with Crippen LogP contribution in [-0.4, -0.2) is 65.0 Å². The summed E-state index contributed by atoms with van der Waals surface area (Å²) >= 11 is 6.27. The van der Waals surface area contributed by atoms with Crippen molar-refractivity contribution in [3.05, 3.63) is 58.6 Å². The Kier molecular flexibility index (Phi) is 8.82. The summed E-state index contributed by atoms with van der Waals surface area (Å²) in [6.07, 6.45) is 0. The van der Waals surface area contributed by atoms with Gasteiger partial charge in [0.2, 0.25) is 0 Å². The molecule has 3 rings (SSSR count). The third-order valence-corrected chi connectivity index (χ3v) is 5.58. The quantitative estimate of drug-likeness (QED) is 0.480. The molecule has 2 aromatic rings. The number of benzene rings is 2. The maximum absolute atomic E-state index is 6.27. The van der Waals surface area contributed by atoms with Crippen LogP contribution in [0.1, 0.15) is 17.2 Å². The maximum Gasteiger partial charge on any atom is 0.191 e. The van der Waals surface area contributed by atoms with Crippen molar-refractivity contribution in [2.24, 2.45) is 4.99 Å². The van der Waals surface area contributed by atoms with Gasteiger partial charge in [0.25, 0.3) is 0 Å². The van der Waals surface area contributed by atoms with Crippen LogP contribution in [0, 0.1) is 0 Å². The Labute approximate surface area is 189 Å². The van der Waals surface area contributed by atoms with Crippen LogP contribution < -0.4 is 20.1 Å². The SMILES string of the molecule is CN=C(NCc1ccc(OC)cc1OC)NCC(c1cccc(Cl)c1)N1CCOCC1. The highest BCUT2D eigenvalue weighted by Crippen LogP contribution is 2.25. The number of nitrogens with one attached hydrogen (secondary N) is 2. The molecule has 0 amide bonds. The first-order valence-electron chi connectivity index (χ1n) is 10.4. The number of hydrogen-bond donors (Lipinski definition) is 2. The predicted molar refractivity (Wildman–Crippen MR) is 124 cm³/mol. The van der Waals surface area contributed by atoms with Gasteiger partial charge in [-0.15, -0.1) is 0 Å². The van der Waals surface area contributed by atoms with E-state index in [-0.39, 0.29) is 6.04 Å². The molecule has 1 unspecified atom stereocenters. The van der Waals surface area contributed by atoms with E-state index in [2.05, 4.69) is 26.6 Å². The lowest BCUT2D eigenvalue weighted by Crippen LogP contribution is -2.46. The smallest absolute Gasteiger partial charge is 0.191 e. The van der Waals surface area contributed by atoms with Crippen molar-refractivity contribution in [3.63, 3.8) is 0 Å². The van der Waals surface area contributed by atoms with Gasteiger partial charge in [-0.25, -0.2) is 0 Å². The molecule has 0 aliphatic carbocycles. The number of rotatable bonds is 8. The summed E-state index contributed by atoms with van der Waals surface area (Å²) in [5.41, 5.74) is 2.19. The van der Waals surface area contributed by atoms with Gasteiger partial charge >= 0.3 is 0 Å². The zero-order chi connectivity index (χ0) is 22.1. The van der Waals surface area contributed by atoms with Gasteiger partial charge in [0, 0.05) is 49.9 Å². The topological polar surface area (TPSA) is 67.4 Å². The first-order valence-corrected chi connectivity index (χ1v) is 10.7. The number of nitrogens with zero attached hydrogens (tertiary/aromatic N) is 2. The van der Waals surface area contributed by atoms with Crippen molar-refractivity contribution >= 4 is 17.6 Å². The molecule has 2 N–H and O–H groups in total. The lowest BCUT2D eigenvalue weighted by atomic mass is 10.0. The number of halogens is 1. The van der Waals surface area contributed by atoms with Crippen LogP contribution in [0.2, 0.25) is 5.02 Å². The van der Waals surface area contributed by atoms with Crippen LogP contribution in [0.4, 0.5) is 0 Å². The Morgan fingerprint density at radius 3 is 2.61 bits per heavy atom. The molecule has 0 bridgehead atoms. The molecule has 0 spiro atoms. The van der Waals surface area contributed by atoms with E-state index in [0.29, 0.717) is 13.1 Å². The highest BCUT2D eigenvalue weighted by atomic mass is 35.5. The largest absolute Gasteiger partial charge is 0.497 e. The van der Waals surface area contributed by atoms with Crippen molar-refractivity contribution < 1.29 is 14.2 Å². The molecule has 1 aliphatic rings. The van der Waals surface area contributed by atoms with Gasteiger partial charge < -0.3 is 24.8 Å². The van der Waals surface area contributed by atoms with Crippen molar-refractivity contribution in [3.8, 4) is 11.5 Å². The summed E-state index contributed by atoms with van der Waals surface area (Å²) in [4.78, 5) is 6.80. The molecule has 0 saturated carbocycles. The van der Waals surface area contributed by atoms with Crippen LogP contribution in [-0.2, 0) is 11.3 Å². The van der Waals surface area contributed by atoms with Crippen molar-refractivity contribution in [2.45, 2.75) is 12.6 Å². The number of ether oxygens (including phenoxy) is 3. The first-order chi connectivity index (χ1) is 15.1. The monoisotopic (exact) mass is 446 g/mol. The third kappa shape index (κ3) is 6.50. The fraction of sp³-hybridized carbons (Fsp3) is 0.435. The van der Waals surface area contributed by atoms with Gasteiger partial charge in [-0.05, 0) is 29.8 Å². The molecule has 1 saturated heterocycles. The Morgan fingerprint density at radius 1 is 1.13 bits per heavy atom. The molecule has 7 nitrogen and oxygen atoms in total. The number of methoxy groups -OCH3 is 2. The molecule has 1 fully saturated rings. The Balaban J connectivity index is 1.65. The van der Waals surface area contributed by atoms with Crippen molar-refractivity contribution in [1.29, 1.82) is 0 Å². The molecular weight excluding hydrogens is 416 g/mol. The second-order valence-corrected chi connectivity index (χ2v) is 7.64. The zero-order valence-corrected chi connectivity index (χ0v) is 19.1. The van der Waals surface area contributed by atoms with E-state index in [0.717, 1.165) is 54.3 Å². The fourth-order valence-electron chi connectivity index (χ4n) is 3.65. The van der Waals surface area contributed by atoms with Crippen molar-refractivity contribution in [2.75, 3.05) is 54.1 Å². The van der Waals surface area contributed by atoms with Crippen LogP contribution in [0.15, 0.2) is 47.5 Å². The summed E-state index contributed by atoms with van der Waals surface area (Å²) in [6.45, 7) is 4.51. The molecule has 8 heteroatoms. The summed E-state index contributed by atoms with van der Waals surface area (Å²) in [7, 11) is 5.07. The molecule has 31 heavy (non-hydrogen) atoms. The molecule has 1 aliphatic heterocycles. The van der Waals surface area contributed by atoms with Gasteiger partial charge in [-0.3, -0.25) is 9.89 Å². The number of morpholine rings is 1. The highest BCUT2D eigenvalue weighted by molar-refractivity contribution is 6.30. The van der Waals surface area contributed by atoms with Crippen LogP contribution in [0.5, 0.6) is 11.5 Å². The van der Waals surface area contributed by atoms with Gasteiger partial charge in [0.1, 0.15) is 11.5 Å². The molecule has 1 heterocycles. The second kappa shape index (κ2) is 11.8. The van der Waals surface area contributed by atoms with Crippen molar-refractivity contribution in [1.82, 2.24) is 15.5 Å². The minimum absolute atomic E-state index is 0.164. The summed E-state index contributed by atoms with van der Waals surface area (Å²) in [5.74, 6) is 2.25. The van der Waals surface area contributed by atoms with E-state index in [9.17, 15) is 0 Å². The minimum atomic E-state index is 0.164. The number of hydrogen-bond acceptors (Lipinski definition) is 5. The number of aliphatic imine (C=N–C) groups is 1. The summed E-state index contributed by atoms with van der Waals surface area (Å²) in [6, 6.07) is 14.0. The lowest BCUT2D eigenvalue weighted by molar-refractivity contribution is 0.0170. The van der Waals surface area contributed by atoms with Crippen LogP contribution >= 0.6 is 11.6 Å². The van der Waals surface area contributed by atoms with Crippen LogP contribution in [0.25, 0.3) is 0 Å². The number of guanidine groups is 1. The Hall–Kier alpha value is -2.48. The molecule has 168 valence electrons. The van der Waals surface area contributed by atoms with Gasteiger partial charge in [-0.1, -0.05) is 23.7 Å². The van der Waals surface area contributed by atoms with E-state index in [1.54, 1.807) is 21.3 Å².